The Morgan fingerprint density at radius 2 is 1.82 bits per heavy atom. The van der Waals surface area contributed by atoms with Crippen LogP contribution in [0.5, 0.6) is 0 Å². The summed E-state index contributed by atoms with van der Waals surface area (Å²) >= 11 is 0. The van der Waals surface area contributed by atoms with Crippen molar-refractivity contribution in [1.29, 1.82) is 0 Å². The molecule has 0 spiro atoms. The average molecular weight is 254 g/mol. The number of rotatable bonds is 4. The highest BCUT2D eigenvalue weighted by atomic mass is 28.3. The van der Waals surface area contributed by atoms with Crippen LogP contribution in [0.25, 0.3) is 0 Å². The van der Waals surface area contributed by atoms with Gasteiger partial charge in [-0.3, -0.25) is 4.79 Å². The highest BCUT2D eigenvalue weighted by Gasteiger charge is 2.31. The third-order valence-electron chi connectivity index (χ3n) is 3.63. The maximum Gasteiger partial charge on any atom is 0.302 e. The van der Waals surface area contributed by atoms with Gasteiger partial charge in [-0.15, -0.1) is 0 Å². The minimum Gasteiger partial charge on any atom is -0.466 e. The molecule has 1 heterocycles. The molecule has 0 N–H and O–H groups in total. The lowest BCUT2D eigenvalue weighted by molar-refractivity contribution is -0.140. The zero-order valence-corrected chi connectivity index (χ0v) is 12.7. The number of ether oxygens (including phenoxy) is 1. The summed E-state index contributed by atoms with van der Waals surface area (Å²) in [7, 11) is -1.14. The molecule has 2 unspecified atom stereocenters. The molecule has 1 aliphatic heterocycles. The van der Waals surface area contributed by atoms with Gasteiger partial charge in [-0.1, -0.05) is 50.7 Å². The van der Waals surface area contributed by atoms with Crippen LogP contribution in [0, 0.1) is 11.8 Å². The first-order valence-electron chi connectivity index (χ1n) is 6.73. The van der Waals surface area contributed by atoms with E-state index < -0.39 is 8.07 Å². The molecule has 0 fully saturated rings. The van der Waals surface area contributed by atoms with Crippen LogP contribution >= 0.6 is 0 Å². The van der Waals surface area contributed by atoms with Crippen LogP contribution in [0.15, 0.2) is 12.2 Å². The molecule has 3 heteroatoms. The average Bonchev–Trinajstić information content (AvgIpc) is 2.33. The van der Waals surface area contributed by atoms with E-state index in [0.717, 1.165) is 18.3 Å². The van der Waals surface area contributed by atoms with Crippen molar-refractivity contribution in [2.24, 2.45) is 11.8 Å². The Labute approximate surface area is 106 Å². The number of hydrogen-bond acceptors (Lipinski definition) is 2. The highest BCUT2D eigenvalue weighted by molar-refractivity contribution is 6.78. The number of carbonyl (C=O) groups excluding carboxylic acids is 1. The van der Waals surface area contributed by atoms with Gasteiger partial charge in [-0.25, -0.2) is 0 Å². The molecule has 17 heavy (non-hydrogen) atoms. The lowest BCUT2D eigenvalue weighted by Gasteiger charge is -2.29. The van der Waals surface area contributed by atoms with Gasteiger partial charge in [0.25, 0.3) is 0 Å². The summed E-state index contributed by atoms with van der Waals surface area (Å²) < 4.78 is 5.03. The third-order valence-corrected chi connectivity index (χ3v) is 8.45. The number of carbonyl (C=O) groups is 1. The standard InChI is InChI=1S/C14H26O2Si/c1-12-6-7-13(2)11-17(4,10-12)9-5-8-16-14(3)15/h6-7,12-13H,5,8-11H2,1-4H3. The van der Waals surface area contributed by atoms with E-state index in [-0.39, 0.29) is 5.97 Å². The maximum atomic E-state index is 10.7. The van der Waals surface area contributed by atoms with Crippen molar-refractivity contribution in [1.82, 2.24) is 0 Å². The van der Waals surface area contributed by atoms with Gasteiger partial charge >= 0.3 is 5.97 Å². The Kier molecular flexibility index (Phi) is 5.44. The van der Waals surface area contributed by atoms with Crippen molar-refractivity contribution in [3.05, 3.63) is 12.2 Å². The third kappa shape index (κ3) is 5.53. The van der Waals surface area contributed by atoms with Crippen molar-refractivity contribution in [2.75, 3.05) is 6.61 Å². The first kappa shape index (κ1) is 14.5. The second kappa shape index (κ2) is 6.38. The predicted molar refractivity (Wildman–Crippen MR) is 74.8 cm³/mol. The first-order valence-corrected chi connectivity index (χ1v) is 9.85. The van der Waals surface area contributed by atoms with E-state index in [0.29, 0.717) is 6.61 Å². The SMILES string of the molecule is CC(=O)OCCC[Si]1(C)CC(C)C=CC(C)C1. The molecule has 0 aliphatic carbocycles. The first-order chi connectivity index (χ1) is 7.91. The lowest BCUT2D eigenvalue weighted by atomic mass is 10.1. The smallest absolute Gasteiger partial charge is 0.302 e. The van der Waals surface area contributed by atoms with E-state index in [1.54, 1.807) is 0 Å². The van der Waals surface area contributed by atoms with Crippen LogP contribution in [0.1, 0.15) is 27.2 Å². The normalized spacial score (nSPS) is 33.2. The van der Waals surface area contributed by atoms with Gasteiger partial charge in [-0.2, -0.15) is 0 Å². The van der Waals surface area contributed by atoms with Gasteiger partial charge in [0.1, 0.15) is 0 Å². The quantitative estimate of drug-likeness (QED) is 0.329. The van der Waals surface area contributed by atoms with E-state index in [1.165, 1.54) is 25.1 Å². The van der Waals surface area contributed by atoms with Crippen LogP contribution in [0.3, 0.4) is 0 Å². The molecule has 2 atom stereocenters. The van der Waals surface area contributed by atoms with Crippen LogP contribution in [-0.4, -0.2) is 20.7 Å². The summed E-state index contributed by atoms with van der Waals surface area (Å²) in [5.41, 5.74) is 0. The monoisotopic (exact) mass is 254 g/mol. The van der Waals surface area contributed by atoms with Gasteiger partial charge in [0.2, 0.25) is 0 Å². The summed E-state index contributed by atoms with van der Waals surface area (Å²) in [5, 5.41) is 0. The molecule has 0 amide bonds. The molecule has 0 aromatic rings. The van der Waals surface area contributed by atoms with Gasteiger partial charge in [0.05, 0.1) is 14.7 Å². The molecule has 0 bridgehead atoms. The molecule has 98 valence electrons. The molecule has 0 radical (unpaired) electrons. The van der Waals surface area contributed by atoms with Crippen LogP contribution in [-0.2, 0) is 9.53 Å². The molecule has 0 aromatic carbocycles. The predicted octanol–water partition coefficient (Wildman–Crippen LogP) is 3.86. The molecule has 0 saturated heterocycles. The molecule has 1 rings (SSSR count). The Morgan fingerprint density at radius 1 is 1.29 bits per heavy atom. The molecule has 0 aromatic heterocycles. The number of esters is 1. The van der Waals surface area contributed by atoms with E-state index >= 15 is 0 Å². The largest absolute Gasteiger partial charge is 0.466 e. The summed E-state index contributed by atoms with van der Waals surface area (Å²) in [6.07, 6.45) is 5.81. The lowest BCUT2D eigenvalue weighted by Crippen LogP contribution is -2.32. The van der Waals surface area contributed by atoms with Gasteiger partial charge < -0.3 is 4.74 Å². The van der Waals surface area contributed by atoms with Crippen LogP contribution < -0.4 is 0 Å². The second-order valence-corrected chi connectivity index (χ2v) is 10.9. The summed E-state index contributed by atoms with van der Waals surface area (Å²) in [5.74, 6) is 1.30. The summed E-state index contributed by atoms with van der Waals surface area (Å²) in [4.78, 5) is 10.7. The van der Waals surface area contributed by atoms with Crippen molar-refractivity contribution >= 4 is 14.0 Å². The topological polar surface area (TPSA) is 26.3 Å². The fourth-order valence-corrected chi connectivity index (χ4v) is 8.03. The zero-order valence-electron chi connectivity index (χ0n) is 11.7. The number of hydrogen-bond donors (Lipinski definition) is 0. The van der Waals surface area contributed by atoms with E-state index in [4.69, 9.17) is 4.74 Å². The zero-order chi connectivity index (χ0) is 12.9. The van der Waals surface area contributed by atoms with Crippen molar-refractivity contribution in [2.45, 2.75) is 51.9 Å². The van der Waals surface area contributed by atoms with Crippen LogP contribution in [0.2, 0.25) is 24.7 Å². The molecule has 2 nitrogen and oxygen atoms in total. The summed E-state index contributed by atoms with van der Waals surface area (Å²) in [6.45, 7) is 9.26. The van der Waals surface area contributed by atoms with E-state index in [1.807, 2.05) is 0 Å². The fourth-order valence-electron chi connectivity index (χ4n) is 3.07. The van der Waals surface area contributed by atoms with Crippen molar-refractivity contribution < 1.29 is 9.53 Å². The molecule has 0 saturated carbocycles. The Morgan fingerprint density at radius 3 is 2.29 bits per heavy atom. The molecular weight excluding hydrogens is 228 g/mol. The fraction of sp³-hybridized carbons (Fsp3) is 0.786. The van der Waals surface area contributed by atoms with Gasteiger partial charge in [-0.05, 0) is 18.3 Å². The molecular formula is C14H26O2Si. The minimum atomic E-state index is -1.14. The van der Waals surface area contributed by atoms with Crippen molar-refractivity contribution in [3.63, 3.8) is 0 Å². The van der Waals surface area contributed by atoms with E-state index in [2.05, 4.69) is 32.5 Å². The Hall–Kier alpha value is -0.573. The van der Waals surface area contributed by atoms with Gasteiger partial charge in [0, 0.05) is 6.92 Å². The van der Waals surface area contributed by atoms with Crippen molar-refractivity contribution in [3.8, 4) is 0 Å². The number of allylic oxidation sites excluding steroid dienone is 2. The summed E-state index contributed by atoms with van der Waals surface area (Å²) in [6, 6.07) is 4.05. The van der Waals surface area contributed by atoms with Gasteiger partial charge in [0.15, 0.2) is 0 Å². The second-order valence-electron chi connectivity index (χ2n) is 6.00. The Bertz CT molecular complexity index is 272. The molecule has 1 aliphatic rings. The highest BCUT2D eigenvalue weighted by Crippen LogP contribution is 2.34. The Balaban J connectivity index is 2.41. The van der Waals surface area contributed by atoms with Crippen LogP contribution in [0.4, 0.5) is 0 Å². The van der Waals surface area contributed by atoms with E-state index in [9.17, 15) is 4.79 Å². The minimum absolute atomic E-state index is 0.152. The maximum absolute atomic E-state index is 10.7.